The van der Waals surface area contributed by atoms with Gasteiger partial charge in [0.15, 0.2) is 0 Å². The van der Waals surface area contributed by atoms with Gasteiger partial charge in [0.25, 0.3) is 0 Å². The molecule has 2 rings (SSSR count). The Kier molecular flexibility index (Phi) is 5.51. The minimum atomic E-state index is 0.616. The molecule has 0 saturated heterocycles. The number of nitrogens with zero attached hydrogens (tertiary/aromatic N) is 3. The lowest BCUT2D eigenvalue weighted by molar-refractivity contribution is 0.425. The SMILES string of the molecule is CCc1ccccc1Nc1nccc(NCCN(C)C)n1. The zero-order valence-electron chi connectivity index (χ0n) is 12.9. The average Bonchev–Trinajstić information content (AvgIpc) is 2.48. The van der Waals surface area contributed by atoms with Crippen LogP contribution < -0.4 is 10.6 Å². The molecule has 0 aliphatic rings. The monoisotopic (exact) mass is 285 g/mol. The van der Waals surface area contributed by atoms with Gasteiger partial charge in [-0.25, -0.2) is 4.98 Å². The van der Waals surface area contributed by atoms with Crippen LogP contribution in [0.3, 0.4) is 0 Å². The van der Waals surface area contributed by atoms with Crippen LogP contribution in [-0.4, -0.2) is 42.1 Å². The molecule has 0 unspecified atom stereocenters. The van der Waals surface area contributed by atoms with E-state index in [1.807, 2.05) is 24.3 Å². The van der Waals surface area contributed by atoms with E-state index in [4.69, 9.17) is 0 Å². The van der Waals surface area contributed by atoms with Gasteiger partial charge in [-0.1, -0.05) is 25.1 Å². The van der Waals surface area contributed by atoms with Crippen molar-refractivity contribution in [1.82, 2.24) is 14.9 Å². The van der Waals surface area contributed by atoms with Gasteiger partial charge in [0, 0.05) is 25.0 Å². The molecular weight excluding hydrogens is 262 g/mol. The highest BCUT2D eigenvalue weighted by Gasteiger charge is 2.03. The van der Waals surface area contributed by atoms with E-state index in [2.05, 4.69) is 52.6 Å². The predicted molar refractivity (Wildman–Crippen MR) is 88.2 cm³/mol. The van der Waals surface area contributed by atoms with Gasteiger partial charge in [-0.2, -0.15) is 4.98 Å². The first-order valence-electron chi connectivity index (χ1n) is 7.25. The zero-order valence-corrected chi connectivity index (χ0v) is 12.9. The largest absolute Gasteiger partial charge is 0.369 e. The Bertz CT molecular complexity index is 568. The van der Waals surface area contributed by atoms with Crippen LogP contribution in [0.4, 0.5) is 17.5 Å². The number of nitrogens with one attached hydrogen (secondary N) is 2. The number of likely N-dealkylation sites (N-methyl/N-ethyl adjacent to an activating group) is 1. The number of benzene rings is 1. The standard InChI is InChI=1S/C16H23N5/c1-4-13-7-5-6-8-14(13)19-16-18-10-9-15(20-16)17-11-12-21(2)3/h5-10H,4,11-12H2,1-3H3,(H2,17,18,19,20). The van der Waals surface area contributed by atoms with Crippen LogP contribution in [0, 0.1) is 0 Å². The van der Waals surface area contributed by atoms with Crippen LogP contribution in [0.2, 0.25) is 0 Å². The molecule has 0 aliphatic heterocycles. The minimum Gasteiger partial charge on any atom is -0.369 e. The van der Waals surface area contributed by atoms with Crippen molar-refractivity contribution in [2.24, 2.45) is 0 Å². The fraction of sp³-hybridized carbons (Fsp3) is 0.375. The van der Waals surface area contributed by atoms with E-state index in [1.54, 1.807) is 6.20 Å². The van der Waals surface area contributed by atoms with Crippen LogP contribution in [0.25, 0.3) is 0 Å². The highest BCUT2D eigenvalue weighted by Crippen LogP contribution is 2.19. The second-order valence-electron chi connectivity index (χ2n) is 5.13. The van der Waals surface area contributed by atoms with Gasteiger partial charge in [0.2, 0.25) is 5.95 Å². The van der Waals surface area contributed by atoms with Crippen molar-refractivity contribution in [3.05, 3.63) is 42.1 Å². The summed E-state index contributed by atoms with van der Waals surface area (Å²) < 4.78 is 0. The molecule has 5 nitrogen and oxygen atoms in total. The number of aromatic nitrogens is 2. The molecule has 2 N–H and O–H groups in total. The molecule has 0 bridgehead atoms. The van der Waals surface area contributed by atoms with E-state index in [0.29, 0.717) is 5.95 Å². The molecular formula is C16H23N5. The lowest BCUT2D eigenvalue weighted by atomic mass is 10.1. The van der Waals surface area contributed by atoms with Crippen LogP contribution in [0.1, 0.15) is 12.5 Å². The van der Waals surface area contributed by atoms with Gasteiger partial charge in [-0.15, -0.1) is 0 Å². The summed E-state index contributed by atoms with van der Waals surface area (Å²) in [6.45, 7) is 3.96. The van der Waals surface area contributed by atoms with Gasteiger partial charge in [0.05, 0.1) is 0 Å². The summed E-state index contributed by atoms with van der Waals surface area (Å²) in [5, 5.41) is 6.59. The Morgan fingerprint density at radius 2 is 1.95 bits per heavy atom. The minimum absolute atomic E-state index is 0.616. The third-order valence-electron chi connectivity index (χ3n) is 3.17. The number of anilines is 3. The summed E-state index contributed by atoms with van der Waals surface area (Å²) in [5.74, 6) is 1.45. The van der Waals surface area contributed by atoms with Crippen LogP contribution in [-0.2, 0) is 6.42 Å². The molecule has 2 aromatic rings. The molecule has 0 fully saturated rings. The second-order valence-corrected chi connectivity index (χ2v) is 5.13. The number of para-hydroxylation sites is 1. The summed E-state index contributed by atoms with van der Waals surface area (Å²) >= 11 is 0. The quantitative estimate of drug-likeness (QED) is 0.819. The first kappa shape index (κ1) is 15.3. The fourth-order valence-corrected chi connectivity index (χ4v) is 2.00. The van der Waals surface area contributed by atoms with Crippen LogP contribution in [0.5, 0.6) is 0 Å². The molecule has 21 heavy (non-hydrogen) atoms. The maximum absolute atomic E-state index is 4.49. The molecule has 112 valence electrons. The number of aryl methyl sites for hydroxylation is 1. The Balaban J connectivity index is 2.03. The van der Waals surface area contributed by atoms with E-state index in [1.165, 1.54) is 5.56 Å². The lowest BCUT2D eigenvalue weighted by Crippen LogP contribution is -2.21. The van der Waals surface area contributed by atoms with Gasteiger partial charge in [0.1, 0.15) is 5.82 Å². The second kappa shape index (κ2) is 7.59. The van der Waals surface area contributed by atoms with E-state index in [9.17, 15) is 0 Å². The van der Waals surface area contributed by atoms with Gasteiger partial charge in [-0.3, -0.25) is 0 Å². The highest BCUT2D eigenvalue weighted by atomic mass is 15.2. The van der Waals surface area contributed by atoms with Crippen molar-refractivity contribution in [2.45, 2.75) is 13.3 Å². The Morgan fingerprint density at radius 1 is 1.14 bits per heavy atom. The van der Waals surface area contributed by atoms with Crippen molar-refractivity contribution >= 4 is 17.5 Å². The summed E-state index contributed by atoms with van der Waals surface area (Å²) in [6, 6.07) is 10.1. The summed E-state index contributed by atoms with van der Waals surface area (Å²) in [5.41, 5.74) is 2.32. The van der Waals surface area contributed by atoms with E-state index in [-0.39, 0.29) is 0 Å². The van der Waals surface area contributed by atoms with Crippen molar-refractivity contribution in [3.8, 4) is 0 Å². The topological polar surface area (TPSA) is 53.1 Å². The number of rotatable bonds is 7. The van der Waals surface area contributed by atoms with E-state index in [0.717, 1.165) is 31.0 Å². The van der Waals surface area contributed by atoms with Crippen molar-refractivity contribution in [1.29, 1.82) is 0 Å². The molecule has 0 aliphatic carbocycles. The molecule has 0 radical (unpaired) electrons. The van der Waals surface area contributed by atoms with Gasteiger partial charge >= 0.3 is 0 Å². The summed E-state index contributed by atoms with van der Waals surface area (Å²) in [6.07, 6.45) is 2.74. The number of hydrogen-bond acceptors (Lipinski definition) is 5. The maximum atomic E-state index is 4.49. The molecule has 1 heterocycles. The Hall–Kier alpha value is -2.14. The van der Waals surface area contributed by atoms with Crippen molar-refractivity contribution < 1.29 is 0 Å². The third-order valence-corrected chi connectivity index (χ3v) is 3.17. The van der Waals surface area contributed by atoms with E-state index < -0.39 is 0 Å². The summed E-state index contributed by atoms with van der Waals surface area (Å²) in [7, 11) is 4.10. The average molecular weight is 285 g/mol. The molecule has 0 spiro atoms. The molecule has 0 saturated carbocycles. The molecule has 0 amide bonds. The first-order chi connectivity index (χ1) is 10.2. The van der Waals surface area contributed by atoms with Crippen LogP contribution >= 0.6 is 0 Å². The van der Waals surface area contributed by atoms with E-state index >= 15 is 0 Å². The highest BCUT2D eigenvalue weighted by molar-refractivity contribution is 5.59. The molecule has 1 aromatic carbocycles. The number of hydrogen-bond donors (Lipinski definition) is 2. The fourth-order valence-electron chi connectivity index (χ4n) is 2.00. The van der Waals surface area contributed by atoms with Gasteiger partial charge in [-0.05, 0) is 38.2 Å². The third kappa shape index (κ3) is 4.72. The van der Waals surface area contributed by atoms with Crippen molar-refractivity contribution in [2.75, 3.05) is 37.8 Å². The lowest BCUT2D eigenvalue weighted by Gasteiger charge is -2.12. The molecule has 0 atom stereocenters. The summed E-state index contributed by atoms with van der Waals surface area (Å²) in [4.78, 5) is 10.9. The molecule has 1 aromatic heterocycles. The first-order valence-corrected chi connectivity index (χ1v) is 7.25. The van der Waals surface area contributed by atoms with Crippen LogP contribution in [0.15, 0.2) is 36.5 Å². The zero-order chi connectivity index (χ0) is 15.1. The Morgan fingerprint density at radius 3 is 2.71 bits per heavy atom. The normalized spacial score (nSPS) is 10.7. The molecule has 5 heteroatoms. The predicted octanol–water partition coefficient (Wildman–Crippen LogP) is 2.76. The van der Waals surface area contributed by atoms with Gasteiger partial charge < -0.3 is 15.5 Å². The maximum Gasteiger partial charge on any atom is 0.229 e. The Labute approximate surface area is 126 Å². The van der Waals surface area contributed by atoms with Crippen molar-refractivity contribution in [3.63, 3.8) is 0 Å². The smallest absolute Gasteiger partial charge is 0.229 e.